The van der Waals surface area contributed by atoms with Gasteiger partial charge in [0, 0.05) is 16.0 Å². The number of hydrogen-bond acceptors (Lipinski definition) is 6. The summed E-state index contributed by atoms with van der Waals surface area (Å²) in [4.78, 5) is 37.3. The second-order valence-electron chi connectivity index (χ2n) is 7.38. The molecule has 2 aromatic rings. The maximum absolute atomic E-state index is 12.8. The summed E-state index contributed by atoms with van der Waals surface area (Å²) in [5.41, 5.74) is 0.744. The second-order valence-corrected chi connectivity index (χ2v) is 8.92. The van der Waals surface area contributed by atoms with Gasteiger partial charge in [-0.15, -0.1) is 11.3 Å². The van der Waals surface area contributed by atoms with Gasteiger partial charge in [-0.3, -0.25) is 14.9 Å². The third kappa shape index (κ3) is 4.59. The standard InChI is InChI=1S/C20H21ClN2O5S/c1-10(2)28-20(25)17-14-6-4-11(3)8-16(14)29-19(17)22-18(24)13-7-5-12(21)9-15(13)23(26)27/h5,7,9-11H,4,6,8H2,1-3H3,(H,22,24). The minimum atomic E-state index is -0.668. The summed E-state index contributed by atoms with van der Waals surface area (Å²) in [6.07, 6.45) is 2.19. The lowest BCUT2D eigenvalue weighted by Gasteiger charge is -2.18. The van der Waals surface area contributed by atoms with Crippen LogP contribution in [0.5, 0.6) is 0 Å². The van der Waals surface area contributed by atoms with Crippen molar-refractivity contribution in [3.8, 4) is 0 Å². The van der Waals surface area contributed by atoms with E-state index >= 15 is 0 Å². The zero-order valence-electron chi connectivity index (χ0n) is 16.3. The molecule has 1 aliphatic rings. The van der Waals surface area contributed by atoms with Crippen molar-refractivity contribution < 1.29 is 19.2 Å². The van der Waals surface area contributed by atoms with Crippen molar-refractivity contribution in [2.75, 3.05) is 5.32 Å². The van der Waals surface area contributed by atoms with Crippen LogP contribution in [-0.2, 0) is 17.6 Å². The van der Waals surface area contributed by atoms with E-state index < -0.39 is 22.5 Å². The highest BCUT2D eigenvalue weighted by molar-refractivity contribution is 7.17. The molecule has 154 valence electrons. The van der Waals surface area contributed by atoms with Crippen molar-refractivity contribution >= 4 is 45.5 Å². The summed E-state index contributed by atoms with van der Waals surface area (Å²) in [5, 5.41) is 14.5. The number of anilines is 1. The Balaban J connectivity index is 2.00. The van der Waals surface area contributed by atoms with Gasteiger partial charge >= 0.3 is 5.97 Å². The summed E-state index contributed by atoms with van der Waals surface area (Å²) < 4.78 is 5.38. The van der Waals surface area contributed by atoms with E-state index in [0.717, 1.165) is 35.8 Å². The molecule has 1 N–H and O–H groups in total. The molecule has 1 amide bonds. The highest BCUT2D eigenvalue weighted by Crippen LogP contribution is 2.40. The fourth-order valence-corrected chi connectivity index (χ4v) is 4.91. The molecule has 29 heavy (non-hydrogen) atoms. The number of nitro groups is 1. The first-order chi connectivity index (χ1) is 13.7. The third-order valence-corrected chi connectivity index (χ3v) is 6.09. The van der Waals surface area contributed by atoms with E-state index in [1.54, 1.807) is 13.8 Å². The minimum absolute atomic E-state index is 0.123. The quantitative estimate of drug-likeness (QED) is 0.392. The molecule has 0 fully saturated rings. The molecule has 1 heterocycles. The van der Waals surface area contributed by atoms with Gasteiger partial charge in [-0.2, -0.15) is 0 Å². The van der Waals surface area contributed by atoms with Gasteiger partial charge in [0.1, 0.15) is 10.6 Å². The number of carbonyl (C=O) groups excluding carboxylic acids is 2. The molecular weight excluding hydrogens is 416 g/mol. The van der Waals surface area contributed by atoms with E-state index in [4.69, 9.17) is 16.3 Å². The fraction of sp³-hybridized carbons (Fsp3) is 0.400. The maximum Gasteiger partial charge on any atom is 0.341 e. The number of benzene rings is 1. The molecule has 3 rings (SSSR count). The first-order valence-electron chi connectivity index (χ1n) is 9.28. The van der Waals surface area contributed by atoms with Crippen LogP contribution in [0.1, 0.15) is 58.3 Å². The monoisotopic (exact) mass is 436 g/mol. The van der Waals surface area contributed by atoms with Gasteiger partial charge in [-0.25, -0.2) is 4.79 Å². The number of nitrogens with zero attached hydrogens (tertiary/aromatic N) is 1. The van der Waals surface area contributed by atoms with E-state index in [9.17, 15) is 19.7 Å². The molecule has 0 spiro atoms. The summed E-state index contributed by atoms with van der Waals surface area (Å²) in [7, 11) is 0. The molecule has 0 aliphatic heterocycles. The number of fused-ring (bicyclic) bond motifs is 1. The fourth-order valence-electron chi connectivity index (χ4n) is 3.35. The molecule has 7 nitrogen and oxygen atoms in total. The molecule has 1 unspecified atom stereocenters. The number of carbonyl (C=O) groups is 2. The van der Waals surface area contributed by atoms with Gasteiger partial charge in [-0.1, -0.05) is 18.5 Å². The smallest absolute Gasteiger partial charge is 0.341 e. The average Bonchev–Trinajstić information content (AvgIpc) is 2.97. The number of amides is 1. The van der Waals surface area contributed by atoms with Crippen LogP contribution in [0.25, 0.3) is 0 Å². The normalized spacial score (nSPS) is 15.7. The topological polar surface area (TPSA) is 98.5 Å². The van der Waals surface area contributed by atoms with E-state index in [1.165, 1.54) is 23.5 Å². The largest absolute Gasteiger partial charge is 0.459 e. The highest BCUT2D eigenvalue weighted by atomic mass is 35.5. The Hall–Kier alpha value is -2.45. The predicted molar refractivity (Wildman–Crippen MR) is 112 cm³/mol. The van der Waals surface area contributed by atoms with Crippen molar-refractivity contribution in [2.45, 2.75) is 46.1 Å². The number of esters is 1. The molecular formula is C20H21ClN2O5S. The summed E-state index contributed by atoms with van der Waals surface area (Å²) in [6, 6.07) is 3.85. The Morgan fingerprint density at radius 1 is 1.38 bits per heavy atom. The Morgan fingerprint density at radius 2 is 2.10 bits per heavy atom. The lowest BCUT2D eigenvalue weighted by Crippen LogP contribution is -2.19. The highest BCUT2D eigenvalue weighted by Gasteiger charge is 2.31. The van der Waals surface area contributed by atoms with Crippen LogP contribution in [0, 0.1) is 16.0 Å². The number of halogens is 1. The zero-order valence-corrected chi connectivity index (χ0v) is 17.9. The maximum atomic E-state index is 12.8. The van der Waals surface area contributed by atoms with Crippen LogP contribution in [0.3, 0.4) is 0 Å². The predicted octanol–water partition coefficient (Wildman–Crippen LogP) is 5.25. The Bertz CT molecular complexity index is 985. The van der Waals surface area contributed by atoms with Crippen LogP contribution in [0.15, 0.2) is 18.2 Å². The van der Waals surface area contributed by atoms with Crippen LogP contribution in [0.2, 0.25) is 5.02 Å². The summed E-state index contributed by atoms with van der Waals surface area (Å²) in [5.74, 6) is -0.678. The van der Waals surface area contributed by atoms with Crippen LogP contribution in [0.4, 0.5) is 10.7 Å². The Kier molecular flexibility index (Phi) is 6.24. The van der Waals surface area contributed by atoms with Crippen LogP contribution >= 0.6 is 22.9 Å². The molecule has 1 aromatic heterocycles. The zero-order chi connectivity index (χ0) is 21.3. The number of nitro benzene ring substituents is 1. The lowest BCUT2D eigenvalue weighted by atomic mass is 9.88. The molecule has 0 radical (unpaired) electrons. The lowest BCUT2D eigenvalue weighted by molar-refractivity contribution is -0.385. The molecule has 0 saturated carbocycles. The summed E-state index contributed by atoms with van der Waals surface area (Å²) >= 11 is 7.16. The van der Waals surface area contributed by atoms with Crippen molar-refractivity contribution in [1.82, 2.24) is 0 Å². The van der Waals surface area contributed by atoms with E-state index in [1.807, 2.05) is 0 Å². The Morgan fingerprint density at radius 3 is 2.76 bits per heavy atom. The van der Waals surface area contributed by atoms with Crippen molar-refractivity contribution in [3.05, 3.63) is 54.9 Å². The van der Waals surface area contributed by atoms with Crippen molar-refractivity contribution in [2.24, 2.45) is 5.92 Å². The molecule has 1 aromatic carbocycles. The first-order valence-corrected chi connectivity index (χ1v) is 10.5. The van der Waals surface area contributed by atoms with Gasteiger partial charge < -0.3 is 10.1 Å². The van der Waals surface area contributed by atoms with Crippen LogP contribution in [-0.4, -0.2) is 22.9 Å². The summed E-state index contributed by atoms with van der Waals surface area (Å²) in [6.45, 7) is 5.66. The van der Waals surface area contributed by atoms with E-state index in [-0.39, 0.29) is 16.7 Å². The third-order valence-electron chi connectivity index (χ3n) is 4.69. The van der Waals surface area contributed by atoms with Crippen LogP contribution < -0.4 is 5.32 Å². The van der Waals surface area contributed by atoms with Crippen molar-refractivity contribution in [1.29, 1.82) is 0 Å². The Labute approximate surface area is 177 Å². The molecule has 1 atom stereocenters. The molecule has 0 bridgehead atoms. The van der Waals surface area contributed by atoms with Gasteiger partial charge in [0.05, 0.1) is 16.6 Å². The molecule has 9 heteroatoms. The number of nitrogens with one attached hydrogen (secondary N) is 1. The van der Waals surface area contributed by atoms with E-state index in [2.05, 4.69) is 12.2 Å². The molecule has 1 aliphatic carbocycles. The number of hydrogen-bond donors (Lipinski definition) is 1. The number of thiophene rings is 1. The van der Waals surface area contributed by atoms with Gasteiger partial charge in [0.25, 0.3) is 11.6 Å². The van der Waals surface area contributed by atoms with Gasteiger partial charge in [0.15, 0.2) is 0 Å². The van der Waals surface area contributed by atoms with Gasteiger partial charge in [-0.05, 0) is 56.7 Å². The number of ether oxygens (including phenoxy) is 1. The minimum Gasteiger partial charge on any atom is -0.459 e. The average molecular weight is 437 g/mol. The van der Waals surface area contributed by atoms with Gasteiger partial charge in [0.2, 0.25) is 0 Å². The SMILES string of the molecule is CC1CCc2c(sc(NC(=O)c3ccc(Cl)cc3[N+](=O)[O-])c2C(=O)OC(C)C)C1. The first kappa shape index (κ1) is 21.3. The second kappa shape index (κ2) is 8.51. The van der Waals surface area contributed by atoms with E-state index in [0.29, 0.717) is 16.5 Å². The molecule has 0 saturated heterocycles. The van der Waals surface area contributed by atoms with Crippen molar-refractivity contribution in [3.63, 3.8) is 0 Å². The number of rotatable bonds is 5.